The average Bonchev–Trinajstić information content (AvgIpc) is 3.14. The van der Waals surface area contributed by atoms with Crippen LogP contribution in [0.5, 0.6) is 5.75 Å². The van der Waals surface area contributed by atoms with Crippen molar-refractivity contribution in [1.29, 1.82) is 5.26 Å². The Balaban J connectivity index is 1.42. The fourth-order valence-corrected chi connectivity index (χ4v) is 2.76. The first kappa shape index (κ1) is 17.4. The van der Waals surface area contributed by atoms with Gasteiger partial charge in [-0.15, -0.1) is 0 Å². The van der Waals surface area contributed by atoms with E-state index in [4.69, 9.17) is 14.7 Å². The highest BCUT2D eigenvalue weighted by Crippen LogP contribution is 2.13. The van der Waals surface area contributed by atoms with Crippen LogP contribution < -0.4 is 4.74 Å². The Morgan fingerprint density at radius 2 is 2.24 bits per heavy atom. The molecule has 0 aliphatic carbocycles. The second kappa shape index (κ2) is 8.58. The van der Waals surface area contributed by atoms with Crippen LogP contribution in [-0.2, 0) is 11.3 Å². The smallest absolute Gasteiger partial charge is 0.137 e. The topological polar surface area (TPSA) is 96.4 Å². The minimum atomic E-state index is -0.597. The number of β-amino-alcohol motifs (C(OH)–C–C–N with tert-alkyl or cyclic N) is 1. The number of rotatable bonds is 7. The molecule has 0 saturated carbocycles. The summed E-state index contributed by atoms with van der Waals surface area (Å²) in [5.41, 5.74) is 0.583. The fraction of sp³-hybridized carbons (Fsp3) is 0.471. The number of morpholine rings is 1. The van der Waals surface area contributed by atoms with Crippen LogP contribution in [0.4, 0.5) is 0 Å². The minimum absolute atomic E-state index is 0.0297. The molecular weight excluding hydrogens is 322 g/mol. The van der Waals surface area contributed by atoms with E-state index in [9.17, 15) is 5.11 Å². The first-order valence-electron chi connectivity index (χ1n) is 8.20. The summed E-state index contributed by atoms with van der Waals surface area (Å²) >= 11 is 0. The molecule has 1 aliphatic heterocycles. The van der Waals surface area contributed by atoms with E-state index in [1.165, 1.54) is 6.33 Å². The zero-order chi connectivity index (χ0) is 17.5. The van der Waals surface area contributed by atoms with E-state index in [1.54, 1.807) is 35.3 Å². The zero-order valence-corrected chi connectivity index (χ0v) is 13.9. The van der Waals surface area contributed by atoms with Crippen molar-refractivity contribution in [3.63, 3.8) is 0 Å². The van der Waals surface area contributed by atoms with Crippen LogP contribution in [-0.4, -0.2) is 69.8 Å². The van der Waals surface area contributed by atoms with Crippen molar-refractivity contribution >= 4 is 0 Å². The number of aliphatic hydroxyl groups is 1. The van der Waals surface area contributed by atoms with Gasteiger partial charge in [0.05, 0.1) is 30.9 Å². The zero-order valence-electron chi connectivity index (χ0n) is 13.9. The number of aliphatic hydroxyl groups excluding tert-OH is 1. The maximum Gasteiger partial charge on any atom is 0.137 e. The highest BCUT2D eigenvalue weighted by Gasteiger charge is 2.23. The van der Waals surface area contributed by atoms with Crippen LogP contribution in [0.25, 0.3) is 0 Å². The van der Waals surface area contributed by atoms with Crippen LogP contribution in [0.15, 0.2) is 36.9 Å². The van der Waals surface area contributed by atoms with Crippen molar-refractivity contribution in [2.75, 3.05) is 32.8 Å². The maximum absolute atomic E-state index is 10.2. The normalized spacial score (nSPS) is 19.3. The molecule has 0 spiro atoms. The third-order valence-electron chi connectivity index (χ3n) is 3.97. The molecule has 3 rings (SSSR count). The summed E-state index contributed by atoms with van der Waals surface area (Å²) in [5, 5.41) is 23.1. The van der Waals surface area contributed by atoms with Crippen molar-refractivity contribution in [2.24, 2.45) is 0 Å². The van der Waals surface area contributed by atoms with Crippen LogP contribution in [0.2, 0.25) is 0 Å². The van der Waals surface area contributed by atoms with E-state index in [1.807, 2.05) is 0 Å². The molecular formula is C17H21N5O3. The number of hydrogen-bond acceptors (Lipinski definition) is 7. The molecule has 2 heterocycles. The highest BCUT2D eigenvalue weighted by atomic mass is 16.5. The Bertz CT molecular complexity index is 683. The Hall–Kier alpha value is -2.47. The van der Waals surface area contributed by atoms with Crippen molar-refractivity contribution in [3.8, 4) is 11.8 Å². The van der Waals surface area contributed by atoms with Gasteiger partial charge in [0, 0.05) is 19.6 Å². The van der Waals surface area contributed by atoms with Gasteiger partial charge in [0.2, 0.25) is 0 Å². The summed E-state index contributed by atoms with van der Waals surface area (Å²) in [6.45, 7) is 3.51. The molecule has 8 heteroatoms. The Labute approximate surface area is 146 Å². The van der Waals surface area contributed by atoms with Gasteiger partial charge in [0.15, 0.2) is 0 Å². The van der Waals surface area contributed by atoms with Crippen LogP contribution in [0.1, 0.15) is 5.56 Å². The molecule has 8 nitrogen and oxygen atoms in total. The lowest BCUT2D eigenvalue weighted by Gasteiger charge is -2.33. The molecule has 1 saturated heterocycles. The molecule has 0 amide bonds. The Morgan fingerprint density at radius 3 is 2.96 bits per heavy atom. The van der Waals surface area contributed by atoms with Gasteiger partial charge in [-0.1, -0.05) is 0 Å². The summed E-state index contributed by atoms with van der Waals surface area (Å²) in [5.74, 6) is 0.643. The molecule has 1 N–H and O–H groups in total. The average molecular weight is 343 g/mol. The lowest BCUT2D eigenvalue weighted by Crippen LogP contribution is -2.47. The number of aromatic nitrogens is 3. The highest BCUT2D eigenvalue weighted by molar-refractivity contribution is 5.34. The van der Waals surface area contributed by atoms with Gasteiger partial charge in [0.25, 0.3) is 0 Å². The third kappa shape index (κ3) is 5.26. The second-order valence-corrected chi connectivity index (χ2v) is 5.97. The molecule has 0 unspecified atom stereocenters. The number of benzene rings is 1. The van der Waals surface area contributed by atoms with Gasteiger partial charge in [-0.2, -0.15) is 10.4 Å². The summed E-state index contributed by atoms with van der Waals surface area (Å²) < 4.78 is 13.1. The van der Waals surface area contributed by atoms with E-state index >= 15 is 0 Å². The minimum Gasteiger partial charge on any atom is -0.491 e. The van der Waals surface area contributed by atoms with E-state index in [2.05, 4.69) is 21.1 Å². The lowest BCUT2D eigenvalue weighted by molar-refractivity contribution is -0.0517. The molecule has 2 atom stereocenters. The van der Waals surface area contributed by atoms with E-state index < -0.39 is 6.10 Å². The summed E-state index contributed by atoms with van der Waals surface area (Å²) in [6.07, 6.45) is 2.61. The molecule has 1 aliphatic rings. The van der Waals surface area contributed by atoms with Crippen LogP contribution in [0.3, 0.4) is 0 Å². The van der Waals surface area contributed by atoms with Crippen molar-refractivity contribution in [3.05, 3.63) is 42.5 Å². The number of nitrogens with zero attached hydrogens (tertiary/aromatic N) is 5. The Kier molecular flexibility index (Phi) is 5.95. The molecule has 25 heavy (non-hydrogen) atoms. The van der Waals surface area contributed by atoms with Gasteiger partial charge < -0.3 is 14.6 Å². The van der Waals surface area contributed by atoms with Gasteiger partial charge in [-0.3, -0.25) is 9.58 Å². The molecule has 1 aromatic carbocycles. The van der Waals surface area contributed by atoms with Crippen LogP contribution in [0, 0.1) is 11.3 Å². The molecule has 0 radical (unpaired) electrons. The predicted octanol–water partition coefficient (Wildman–Crippen LogP) is 0.290. The van der Waals surface area contributed by atoms with Gasteiger partial charge in [-0.25, -0.2) is 4.98 Å². The monoisotopic (exact) mass is 343 g/mol. The quantitative estimate of drug-likeness (QED) is 0.772. The largest absolute Gasteiger partial charge is 0.491 e. The molecule has 1 fully saturated rings. The van der Waals surface area contributed by atoms with E-state index in [0.29, 0.717) is 31.0 Å². The number of hydrogen-bond donors (Lipinski definition) is 1. The molecule has 2 aromatic rings. The van der Waals surface area contributed by atoms with Crippen LogP contribution >= 0.6 is 0 Å². The first-order chi connectivity index (χ1) is 12.2. The van der Waals surface area contributed by atoms with Gasteiger partial charge >= 0.3 is 0 Å². The molecule has 0 bridgehead atoms. The predicted molar refractivity (Wildman–Crippen MR) is 88.9 cm³/mol. The maximum atomic E-state index is 10.2. The molecule has 132 valence electrons. The summed E-state index contributed by atoms with van der Waals surface area (Å²) in [6, 6.07) is 8.91. The Morgan fingerprint density at radius 1 is 1.40 bits per heavy atom. The van der Waals surface area contributed by atoms with Crippen molar-refractivity contribution in [2.45, 2.75) is 18.8 Å². The van der Waals surface area contributed by atoms with E-state index in [0.717, 1.165) is 13.1 Å². The van der Waals surface area contributed by atoms with E-state index in [-0.39, 0.29) is 12.7 Å². The number of ether oxygens (including phenoxy) is 2. The van der Waals surface area contributed by atoms with Gasteiger partial charge in [0.1, 0.15) is 31.1 Å². The summed E-state index contributed by atoms with van der Waals surface area (Å²) in [7, 11) is 0. The van der Waals surface area contributed by atoms with Crippen molar-refractivity contribution in [1.82, 2.24) is 19.7 Å². The third-order valence-corrected chi connectivity index (χ3v) is 3.97. The summed E-state index contributed by atoms with van der Waals surface area (Å²) in [4.78, 5) is 6.09. The standard InChI is InChI=1S/C17H21N5O3/c18-7-14-1-3-16(4-2-14)25-11-15(23)8-21-5-6-24-17(9-21)10-22-13-19-12-20-22/h1-4,12-13,15,17,23H,5-6,8-11H2/t15-,17-/m0/s1. The SMILES string of the molecule is N#Cc1ccc(OC[C@@H](O)CN2CCO[C@H](Cn3cncn3)C2)cc1. The van der Waals surface area contributed by atoms with Gasteiger partial charge in [-0.05, 0) is 24.3 Å². The number of nitriles is 1. The molecule has 1 aromatic heterocycles. The van der Waals surface area contributed by atoms with Crippen molar-refractivity contribution < 1.29 is 14.6 Å². The lowest BCUT2D eigenvalue weighted by atomic mass is 10.2. The first-order valence-corrected chi connectivity index (χ1v) is 8.20. The second-order valence-electron chi connectivity index (χ2n) is 5.97. The fourth-order valence-electron chi connectivity index (χ4n) is 2.76.